The van der Waals surface area contributed by atoms with Crippen LogP contribution >= 0.6 is 23.4 Å². The van der Waals surface area contributed by atoms with Gasteiger partial charge in [-0.3, -0.25) is 14.5 Å². The number of thioether (sulfide) groups is 1. The van der Waals surface area contributed by atoms with Crippen LogP contribution in [0.15, 0.2) is 0 Å². The lowest BCUT2D eigenvalue weighted by molar-refractivity contribution is -0.218. The van der Waals surface area contributed by atoms with Gasteiger partial charge in [-0.15, -0.1) is 23.4 Å². The van der Waals surface area contributed by atoms with Crippen molar-refractivity contribution in [2.45, 2.75) is 177 Å². The van der Waals surface area contributed by atoms with Gasteiger partial charge in [0.05, 0.1) is 17.5 Å². The number of unbranched alkanes of at least 4 members (excludes halogenated alkanes) is 12. The monoisotopic (exact) mass is 662 g/mol. The van der Waals surface area contributed by atoms with Crippen molar-refractivity contribution in [1.82, 2.24) is 10.2 Å². The van der Waals surface area contributed by atoms with E-state index in [0.29, 0.717) is 5.92 Å². The molecule has 2 heterocycles. The van der Waals surface area contributed by atoms with Crippen LogP contribution < -0.4 is 5.32 Å². The number of nitrogens with zero attached hydrogens (tertiary/aromatic N) is 1. The first kappa shape index (κ1) is 39.6. The number of hydrogen-bond donors (Lipinski definition) is 3. The van der Waals surface area contributed by atoms with Gasteiger partial charge >= 0.3 is 5.97 Å². The third kappa shape index (κ3) is 13.3. The fourth-order valence-electron chi connectivity index (χ4n) is 6.72. The first-order valence-corrected chi connectivity index (χ1v) is 19.2. The number of amides is 1. The molecule has 0 aliphatic carbocycles. The highest BCUT2D eigenvalue weighted by Crippen LogP contribution is 2.33. The minimum atomic E-state index is -1.38. The van der Waals surface area contributed by atoms with E-state index < -0.39 is 47.2 Å². The SMILES string of the molecule is CCCCCCCCCCCCCCCC(=O)O[C@@H]1[C@@H](O)[C@@H](O)C(C(NC(=O)[C@H]2C[C@@H](CCC)CN2C)C(C)Cl)O[C@@H]1SC. The maximum absolute atomic E-state index is 13.3. The molecule has 3 unspecified atom stereocenters. The van der Waals surface area contributed by atoms with Crippen LogP contribution in [0.1, 0.15) is 130 Å². The smallest absolute Gasteiger partial charge is 0.306 e. The van der Waals surface area contributed by atoms with Gasteiger partial charge in [-0.1, -0.05) is 97.3 Å². The number of carbonyl (C=O) groups is 2. The molecule has 258 valence electrons. The molecule has 0 saturated carbocycles. The number of aliphatic hydroxyl groups is 2. The van der Waals surface area contributed by atoms with Crippen LogP contribution in [0.5, 0.6) is 0 Å². The normalized spacial score (nSPS) is 29.0. The zero-order valence-electron chi connectivity index (χ0n) is 28.2. The molecular formula is C34H63ClN2O6S. The summed E-state index contributed by atoms with van der Waals surface area (Å²) in [5.74, 6) is -0.0742. The van der Waals surface area contributed by atoms with Gasteiger partial charge in [0.1, 0.15) is 23.7 Å². The fourth-order valence-corrected chi connectivity index (χ4v) is 7.65. The minimum Gasteiger partial charge on any atom is -0.456 e. The van der Waals surface area contributed by atoms with Crippen molar-refractivity contribution in [1.29, 1.82) is 0 Å². The molecule has 8 nitrogen and oxygen atoms in total. The number of likely N-dealkylation sites (N-methyl/N-ethyl adjacent to an activating group) is 1. The van der Waals surface area contributed by atoms with Crippen LogP contribution in [-0.4, -0.2) is 94.2 Å². The van der Waals surface area contributed by atoms with Crippen molar-refractivity contribution in [3.63, 3.8) is 0 Å². The Bertz CT molecular complexity index is 806. The van der Waals surface area contributed by atoms with Crippen LogP contribution in [0, 0.1) is 5.92 Å². The van der Waals surface area contributed by atoms with Crippen molar-refractivity contribution in [2.24, 2.45) is 5.92 Å². The van der Waals surface area contributed by atoms with Gasteiger partial charge in [-0.05, 0) is 45.4 Å². The maximum Gasteiger partial charge on any atom is 0.306 e. The highest BCUT2D eigenvalue weighted by atomic mass is 35.5. The number of esters is 1. The summed E-state index contributed by atoms with van der Waals surface area (Å²) in [6, 6.07) is -1.00. The highest BCUT2D eigenvalue weighted by Gasteiger charge is 2.50. The van der Waals surface area contributed by atoms with Crippen LogP contribution in [0.25, 0.3) is 0 Å². The van der Waals surface area contributed by atoms with Crippen molar-refractivity contribution in [3.05, 3.63) is 0 Å². The Morgan fingerprint density at radius 3 is 2.05 bits per heavy atom. The van der Waals surface area contributed by atoms with Gasteiger partial charge in [0.2, 0.25) is 5.91 Å². The Kier molecular flexibility index (Phi) is 19.9. The lowest BCUT2D eigenvalue weighted by Crippen LogP contribution is -2.65. The van der Waals surface area contributed by atoms with Crippen LogP contribution in [0.4, 0.5) is 0 Å². The molecular weight excluding hydrogens is 600 g/mol. The third-order valence-corrected chi connectivity index (χ3v) is 10.5. The van der Waals surface area contributed by atoms with E-state index in [4.69, 9.17) is 21.1 Å². The van der Waals surface area contributed by atoms with E-state index in [1.165, 1.54) is 76.0 Å². The summed E-state index contributed by atoms with van der Waals surface area (Å²) in [4.78, 5) is 28.0. The second kappa shape index (κ2) is 22.1. The molecule has 9 atom stereocenters. The summed E-state index contributed by atoms with van der Waals surface area (Å²) in [6.45, 7) is 7.01. The number of aliphatic hydroxyl groups excluding tert-OH is 2. The molecule has 0 aromatic heterocycles. The van der Waals surface area contributed by atoms with Crippen LogP contribution in [0.3, 0.4) is 0 Å². The molecule has 2 aliphatic heterocycles. The number of alkyl halides is 1. The summed E-state index contributed by atoms with van der Waals surface area (Å²) in [5.41, 5.74) is -0.702. The third-order valence-electron chi connectivity index (χ3n) is 9.36. The topological polar surface area (TPSA) is 108 Å². The molecule has 10 heteroatoms. The molecule has 2 fully saturated rings. The van der Waals surface area contributed by atoms with Gasteiger partial charge in [-0.2, -0.15) is 0 Å². The predicted molar refractivity (Wildman–Crippen MR) is 181 cm³/mol. The zero-order valence-corrected chi connectivity index (χ0v) is 29.8. The number of halogens is 1. The van der Waals surface area contributed by atoms with E-state index >= 15 is 0 Å². The summed E-state index contributed by atoms with van der Waals surface area (Å²) in [6.07, 6.45) is 16.3. The van der Waals surface area contributed by atoms with Gasteiger partial charge in [0.15, 0.2) is 6.10 Å². The summed E-state index contributed by atoms with van der Waals surface area (Å²) in [5, 5.41) is 24.6. The standard InChI is InChI=1S/C34H63ClN2O6S/c1-6-8-9-10-11-12-13-14-15-16-17-18-19-21-27(38)42-32-30(40)29(39)31(43-34(32)44-5)28(24(3)35)36-33(41)26-22-25(20-7-2)23-37(26)4/h24-26,28-32,34,39-40H,6-23H2,1-5H3,(H,36,41)/t24?,25-,26-,28?,29-,30+,31?,32-,34-/m1/s1. The molecule has 0 aromatic carbocycles. The second-order valence-electron chi connectivity index (χ2n) is 13.2. The number of ether oxygens (including phenoxy) is 2. The molecule has 0 spiro atoms. The quantitative estimate of drug-likeness (QED) is 0.0693. The maximum atomic E-state index is 13.3. The second-order valence-corrected chi connectivity index (χ2v) is 14.8. The summed E-state index contributed by atoms with van der Waals surface area (Å²) < 4.78 is 11.9. The van der Waals surface area contributed by atoms with Gasteiger partial charge in [-0.25, -0.2) is 0 Å². The lowest BCUT2D eigenvalue weighted by atomic mass is 9.92. The number of nitrogens with one attached hydrogen (secondary N) is 1. The average Bonchev–Trinajstić information content (AvgIpc) is 3.36. The molecule has 3 N–H and O–H groups in total. The first-order valence-electron chi connectivity index (χ1n) is 17.5. The Morgan fingerprint density at radius 1 is 0.955 bits per heavy atom. The first-order chi connectivity index (χ1) is 21.1. The van der Waals surface area contributed by atoms with Crippen molar-refractivity contribution >= 4 is 35.2 Å². The average molecular weight is 663 g/mol. The summed E-state index contributed by atoms with van der Waals surface area (Å²) in [7, 11) is 1.95. The summed E-state index contributed by atoms with van der Waals surface area (Å²) >= 11 is 7.82. The number of carbonyl (C=O) groups excluding carboxylic acids is 2. The van der Waals surface area contributed by atoms with Gasteiger partial charge < -0.3 is 25.0 Å². The molecule has 2 aliphatic rings. The van der Waals surface area contributed by atoms with Crippen molar-refractivity contribution in [2.75, 3.05) is 19.8 Å². The zero-order chi connectivity index (χ0) is 32.5. The lowest BCUT2D eigenvalue weighted by Gasteiger charge is -2.45. The van der Waals surface area contributed by atoms with Crippen LogP contribution in [0.2, 0.25) is 0 Å². The minimum absolute atomic E-state index is 0.152. The number of likely N-dealkylation sites (tertiary alicyclic amines) is 1. The predicted octanol–water partition coefficient (Wildman–Crippen LogP) is 6.42. The van der Waals surface area contributed by atoms with E-state index in [1.54, 1.807) is 13.2 Å². The Hall–Kier alpha value is -0.580. The fraction of sp³-hybridized carbons (Fsp3) is 0.941. The Balaban J connectivity index is 1.76. The number of rotatable bonds is 22. The van der Waals surface area contributed by atoms with Crippen LogP contribution in [-0.2, 0) is 19.1 Å². The number of hydrogen-bond acceptors (Lipinski definition) is 8. The van der Waals surface area contributed by atoms with Gasteiger partial charge in [0.25, 0.3) is 0 Å². The Morgan fingerprint density at radius 2 is 1.52 bits per heavy atom. The van der Waals surface area contributed by atoms with E-state index in [0.717, 1.165) is 45.1 Å². The molecule has 0 aromatic rings. The van der Waals surface area contributed by atoms with E-state index in [9.17, 15) is 19.8 Å². The molecule has 2 rings (SSSR count). The van der Waals surface area contributed by atoms with Crippen molar-refractivity contribution < 1.29 is 29.3 Å². The molecule has 0 radical (unpaired) electrons. The van der Waals surface area contributed by atoms with E-state index in [1.807, 2.05) is 7.05 Å². The highest BCUT2D eigenvalue weighted by molar-refractivity contribution is 7.99. The van der Waals surface area contributed by atoms with Gasteiger partial charge in [0, 0.05) is 13.0 Å². The van der Waals surface area contributed by atoms with E-state index in [-0.39, 0.29) is 18.4 Å². The molecule has 44 heavy (non-hydrogen) atoms. The molecule has 2 saturated heterocycles. The van der Waals surface area contributed by atoms with Crippen molar-refractivity contribution in [3.8, 4) is 0 Å². The largest absolute Gasteiger partial charge is 0.456 e. The molecule has 0 bridgehead atoms. The van der Waals surface area contributed by atoms with E-state index in [2.05, 4.69) is 24.1 Å². The molecule has 1 amide bonds. The Labute approximate surface area is 277 Å².